The van der Waals surface area contributed by atoms with Crippen LogP contribution in [0.1, 0.15) is 34.8 Å². The van der Waals surface area contributed by atoms with Crippen molar-refractivity contribution >= 4 is 17.4 Å². The molecule has 2 heterocycles. The number of hydrogen-bond acceptors (Lipinski definition) is 6. The molecule has 0 atom stereocenters. The summed E-state index contributed by atoms with van der Waals surface area (Å²) in [5.41, 5.74) is 4.55. The van der Waals surface area contributed by atoms with Crippen molar-refractivity contribution < 1.29 is 4.79 Å². The van der Waals surface area contributed by atoms with E-state index in [1.807, 2.05) is 12.1 Å². The zero-order valence-electron chi connectivity index (χ0n) is 18.5. The van der Waals surface area contributed by atoms with Gasteiger partial charge in [0, 0.05) is 29.8 Å². The lowest BCUT2D eigenvalue weighted by molar-refractivity contribution is 0.101. The normalized spacial score (nSPS) is 13.4. The number of carbonyl (C=O) groups excluding carboxylic acids is 1. The standard InChI is InChI=1S/C25H26N6O2/c1-16(32)17-7-9-18(10-8-17)24-28-22-15-23(33)30-31(22)25(29-24)27-12-4-11-26-21-13-19-5-2-3-6-20(19)14-21/h2-3,5-10,15,21,26H,4,11-14H2,1H3,(H,30,33)(H,27,28,29). The van der Waals surface area contributed by atoms with Gasteiger partial charge in [0.25, 0.3) is 5.56 Å². The molecule has 0 unspecified atom stereocenters. The molecule has 2 aromatic heterocycles. The van der Waals surface area contributed by atoms with Gasteiger partial charge in [-0.2, -0.15) is 4.98 Å². The highest BCUT2D eigenvalue weighted by atomic mass is 16.1. The first-order chi connectivity index (χ1) is 16.1. The molecule has 0 aliphatic heterocycles. The van der Waals surface area contributed by atoms with Crippen LogP contribution in [0.4, 0.5) is 5.95 Å². The van der Waals surface area contributed by atoms with E-state index in [0.29, 0.717) is 35.6 Å². The fraction of sp³-hybridized carbons (Fsp3) is 0.280. The van der Waals surface area contributed by atoms with Crippen LogP contribution in [0.2, 0.25) is 0 Å². The molecule has 8 nitrogen and oxygen atoms in total. The molecular weight excluding hydrogens is 416 g/mol. The van der Waals surface area contributed by atoms with Gasteiger partial charge >= 0.3 is 0 Å². The van der Waals surface area contributed by atoms with Crippen LogP contribution in [0.25, 0.3) is 17.0 Å². The molecule has 5 rings (SSSR count). The van der Waals surface area contributed by atoms with Gasteiger partial charge in [-0.1, -0.05) is 48.5 Å². The lowest BCUT2D eigenvalue weighted by Crippen LogP contribution is -2.31. The summed E-state index contributed by atoms with van der Waals surface area (Å²) in [6.07, 6.45) is 3.06. The Labute approximate surface area is 191 Å². The first kappa shape index (κ1) is 21.1. The van der Waals surface area contributed by atoms with E-state index in [1.165, 1.54) is 24.1 Å². The number of nitrogens with zero attached hydrogens (tertiary/aromatic N) is 3. The average Bonchev–Trinajstić information content (AvgIpc) is 3.40. The Bertz CT molecular complexity index is 1330. The van der Waals surface area contributed by atoms with E-state index < -0.39 is 0 Å². The van der Waals surface area contributed by atoms with E-state index in [9.17, 15) is 9.59 Å². The molecule has 168 valence electrons. The fourth-order valence-corrected chi connectivity index (χ4v) is 4.31. The Hall–Kier alpha value is -3.78. The number of H-pyrrole nitrogens is 1. The summed E-state index contributed by atoms with van der Waals surface area (Å²) in [6.45, 7) is 3.12. The van der Waals surface area contributed by atoms with Crippen molar-refractivity contribution in [1.82, 2.24) is 24.9 Å². The van der Waals surface area contributed by atoms with Crippen molar-refractivity contribution in [1.29, 1.82) is 0 Å². The Kier molecular flexibility index (Phi) is 5.75. The number of nitrogens with one attached hydrogen (secondary N) is 3. The molecule has 1 aliphatic rings. The molecule has 8 heteroatoms. The van der Waals surface area contributed by atoms with E-state index in [-0.39, 0.29) is 11.3 Å². The minimum absolute atomic E-state index is 0.00700. The first-order valence-electron chi connectivity index (χ1n) is 11.2. The quantitative estimate of drug-likeness (QED) is 0.286. The fourth-order valence-electron chi connectivity index (χ4n) is 4.31. The number of aromatic nitrogens is 4. The monoisotopic (exact) mass is 442 g/mol. The molecule has 3 N–H and O–H groups in total. The molecule has 2 aromatic carbocycles. The number of Topliss-reactive ketones (excluding diaryl/α,β-unsaturated/α-hetero) is 1. The van der Waals surface area contributed by atoms with Crippen LogP contribution in [0.15, 0.2) is 59.4 Å². The number of hydrogen-bond donors (Lipinski definition) is 3. The van der Waals surface area contributed by atoms with Crippen molar-refractivity contribution in [2.75, 3.05) is 18.4 Å². The van der Waals surface area contributed by atoms with Crippen LogP contribution in [-0.4, -0.2) is 44.5 Å². The summed E-state index contributed by atoms with van der Waals surface area (Å²) in [7, 11) is 0. The zero-order valence-corrected chi connectivity index (χ0v) is 18.5. The first-order valence-corrected chi connectivity index (χ1v) is 11.2. The smallest absolute Gasteiger partial charge is 0.266 e. The van der Waals surface area contributed by atoms with Crippen molar-refractivity contribution in [3.8, 4) is 11.4 Å². The number of aromatic amines is 1. The maximum atomic E-state index is 11.9. The van der Waals surface area contributed by atoms with Crippen molar-refractivity contribution in [2.24, 2.45) is 0 Å². The van der Waals surface area contributed by atoms with Crippen LogP contribution in [-0.2, 0) is 12.8 Å². The predicted octanol–water partition coefficient (Wildman–Crippen LogP) is 2.85. The summed E-state index contributed by atoms with van der Waals surface area (Å²) < 4.78 is 1.57. The third-order valence-corrected chi connectivity index (χ3v) is 6.03. The van der Waals surface area contributed by atoms with Crippen molar-refractivity contribution in [3.05, 3.63) is 81.6 Å². The molecule has 0 saturated heterocycles. The number of carbonyl (C=O) groups is 1. The maximum absolute atomic E-state index is 11.9. The van der Waals surface area contributed by atoms with E-state index in [1.54, 1.807) is 16.6 Å². The molecule has 33 heavy (non-hydrogen) atoms. The second-order valence-corrected chi connectivity index (χ2v) is 8.43. The SMILES string of the molecule is CC(=O)c1ccc(-c2nc(NCCCNC3Cc4ccccc4C3)n3[nH]c(=O)cc3n2)cc1. The van der Waals surface area contributed by atoms with Crippen LogP contribution >= 0.6 is 0 Å². The molecule has 0 saturated carbocycles. The Balaban J connectivity index is 1.24. The minimum Gasteiger partial charge on any atom is -0.354 e. The highest BCUT2D eigenvalue weighted by Crippen LogP contribution is 2.22. The highest BCUT2D eigenvalue weighted by molar-refractivity contribution is 5.94. The molecule has 0 fully saturated rings. The van der Waals surface area contributed by atoms with E-state index in [4.69, 9.17) is 0 Å². The summed E-state index contributed by atoms with van der Waals surface area (Å²) in [5.74, 6) is 1.03. The predicted molar refractivity (Wildman–Crippen MR) is 128 cm³/mol. The third-order valence-electron chi connectivity index (χ3n) is 6.03. The summed E-state index contributed by atoms with van der Waals surface area (Å²) in [4.78, 5) is 32.6. The number of anilines is 1. The molecule has 0 radical (unpaired) electrons. The van der Waals surface area contributed by atoms with E-state index in [0.717, 1.165) is 31.4 Å². The van der Waals surface area contributed by atoms with Crippen molar-refractivity contribution in [2.45, 2.75) is 32.2 Å². The summed E-state index contributed by atoms with van der Waals surface area (Å²) >= 11 is 0. The second kappa shape index (κ2) is 8.99. The molecule has 0 bridgehead atoms. The van der Waals surface area contributed by atoms with Gasteiger partial charge in [0.1, 0.15) is 0 Å². The van der Waals surface area contributed by atoms with Gasteiger partial charge in [0.15, 0.2) is 17.3 Å². The van der Waals surface area contributed by atoms with Crippen LogP contribution in [0.3, 0.4) is 0 Å². The third kappa shape index (κ3) is 4.56. The molecule has 0 amide bonds. The molecular formula is C25H26N6O2. The van der Waals surface area contributed by atoms with Crippen LogP contribution in [0, 0.1) is 0 Å². The average molecular weight is 443 g/mol. The van der Waals surface area contributed by atoms with Gasteiger partial charge < -0.3 is 10.6 Å². The van der Waals surface area contributed by atoms with Gasteiger partial charge in [-0.05, 0) is 43.9 Å². The largest absolute Gasteiger partial charge is 0.354 e. The van der Waals surface area contributed by atoms with Crippen LogP contribution in [0.5, 0.6) is 0 Å². The van der Waals surface area contributed by atoms with E-state index in [2.05, 4.69) is 50.0 Å². The van der Waals surface area contributed by atoms with Gasteiger partial charge in [0.2, 0.25) is 5.95 Å². The van der Waals surface area contributed by atoms with Gasteiger partial charge in [-0.15, -0.1) is 0 Å². The lowest BCUT2D eigenvalue weighted by Gasteiger charge is -2.13. The second-order valence-electron chi connectivity index (χ2n) is 8.43. The Morgan fingerprint density at radius 3 is 2.48 bits per heavy atom. The molecule has 4 aromatic rings. The molecule has 1 aliphatic carbocycles. The van der Waals surface area contributed by atoms with E-state index >= 15 is 0 Å². The Morgan fingerprint density at radius 2 is 1.79 bits per heavy atom. The Morgan fingerprint density at radius 1 is 1.06 bits per heavy atom. The zero-order chi connectivity index (χ0) is 22.8. The highest BCUT2D eigenvalue weighted by Gasteiger charge is 2.19. The van der Waals surface area contributed by atoms with Gasteiger partial charge in [-0.25, -0.2) is 9.50 Å². The minimum atomic E-state index is -0.237. The molecule has 0 spiro atoms. The van der Waals surface area contributed by atoms with Gasteiger partial charge in [0.05, 0.1) is 0 Å². The number of fused-ring (bicyclic) bond motifs is 2. The van der Waals surface area contributed by atoms with Crippen LogP contribution < -0.4 is 16.2 Å². The van der Waals surface area contributed by atoms with Gasteiger partial charge in [-0.3, -0.25) is 14.7 Å². The maximum Gasteiger partial charge on any atom is 0.266 e. The summed E-state index contributed by atoms with van der Waals surface area (Å²) in [5, 5.41) is 9.71. The number of benzene rings is 2. The number of ketones is 1. The summed E-state index contributed by atoms with van der Waals surface area (Å²) in [6, 6.07) is 17.7. The lowest BCUT2D eigenvalue weighted by atomic mass is 10.1. The topological polar surface area (TPSA) is 104 Å². The van der Waals surface area contributed by atoms with Crippen molar-refractivity contribution in [3.63, 3.8) is 0 Å². The number of rotatable bonds is 8.